The van der Waals surface area contributed by atoms with Gasteiger partial charge in [0.25, 0.3) is 0 Å². The Morgan fingerprint density at radius 2 is 1.86 bits per heavy atom. The molecule has 2 amide bonds. The van der Waals surface area contributed by atoms with Gasteiger partial charge in [-0.3, -0.25) is 4.79 Å². The predicted octanol–water partition coefficient (Wildman–Crippen LogP) is 1.43. The van der Waals surface area contributed by atoms with E-state index in [0.717, 1.165) is 25.7 Å². The van der Waals surface area contributed by atoms with Crippen LogP contribution in [-0.4, -0.2) is 52.3 Å². The zero-order chi connectivity index (χ0) is 15.4. The van der Waals surface area contributed by atoms with Gasteiger partial charge < -0.3 is 20.4 Å². The van der Waals surface area contributed by atoms with E-state index < -0.39 is 5.97 Å². The van der Waals surface area contributed by atoms with Crippen LogP contribution in [0.2, 0.25) is 0 Å². The molecule has 1 aliphatic heterocycles. The lowest BCUT2D eigenvalue weighted by Crippen LogP contribution is -2.49. The van der Waals surface area contributed by atoms with Gasteiger partial charge in [0.15, 0.2) is 0 Å². The number of rotatable bonds is 4. The van der Waals surface area contributed by atoms with Crippen molar-refractivity contribution in [3.63, 3.8) is 0 Å². The van der Waals surface area contributed by atoms with Gasteiger partial charge in [-0.25, -0.2) is 4.79 Å². The average molecular weight is 298 g/mol. The highest BCUT2D eigenvalue weighted by atomic mass is 16.4. The molecule has 120 valence electrons. The summed E-state index contributed by atoms with van der Waals surface area (Å²) < 4.78 is 0. The number of carbonyl (C=O) groups excluding carboxylic acids is 1. The number of aliphatic hydroxyl groups is 1. The Balaban J connectivity index is 1.84. The van der Waals surface area contributed by atoms with E-state index in [-0.39, 0.29) is 36.6 Å². The van der Waals surface area contributed by atoms with Gasteiger partial charge in [-0.2, -0.15) is 0 Å². The van der Waals surface area contributed by atoms with Gasteiger partial charge in [0.2, 0.25) is 0 Å². The quantitative estimate of drug-likeness (QED) is 0.732. The third-order valence-electron chi connectivity index (χ3n) is 5.00. The number of carboxylic acids is 1. The van der Waals surface area contributed by atoms with Crippen LogP contribution in [0.5, 0.6) is 0 Å². The monoisotopic (exact) mass is 298 g/mol. The van der Waals surface area contributed by atoms with Gasteiger partial charge in [0.05, 0.1) is 5.92 Å². The Kier molecular flexibility index (Phi) is 5.45. The van der Waals surface area contributed by atoms with Crippen molar-refractivity contribution in [2.45, 2.75) is 57.5 Å². The van der Waals surface area contributed by atoms with E-state index in [1.807, 2.05) is 11.8 Å². The lowest BCUT2D eigenvalue weighted by atomic mass is 9.86. The molecular weight excluding hydrogens is 272 g/mol. The molecule has 6 nitrogen and oxygen atoms in total. The van der Waals surface area contributed by atoms with Crippen LogP contribution in [-0.2, 0) is 4.79 Å². The number of nitrogens with zero attached hydrogens (tertiary/aromatic N) is 1. The minimum absolute atomic E-state index is 0.0587. The number of carbonyl (C=O) groups is 2. The molecule has 0 aromatic carbocycles. The SMILES string of the molecule is CCC1C(CO)CCN1C(=O)NC1CCC(C(=O)O)CC1. The molecule has 2 rings (SSSR count). The topological polar surface area (TPSA) is 89.9 Å². The van der Waals surface area contributed by atoms with E-state index in [0.29, 0.717) is 19.4 Å². The molecule has 2 fully saturated rings. The molecule has 1 saturated carbocycles. The number of carboxylic acid groups (broad SMARTS) is 1. The van der Waals surface area contributed by atoms with E-state index >= 15 is 0 Å². The van der Waals surface area contributed by atoms with E-state index in [2.05, 4.69) is 5.32 Å². The number of aliphatic hydroxyl groups excluding tert-OH is 1. The molecule has 0 spiro atoms. The fourth-order valence-electron chi connectivity index (χ4n) is 3.68. The molecule has 2 aliphatic rings. The molecule has 0 aromatic heterocycles. The van der Waals surface area contributed by atoms with E-state index in [1.165, 1.54) is 0 Å². The zero-order valence-electron chi connectivity index (χ0n) is 12.6. The Bertz CT molecular complexity index is 380. The van der Waals surface area contributed by atoms with Crippen LogP contribution in [0.4, 0.5) is 4.79 Å². The fourth-order valence-corrected chi connectivity index (χ4v) is 3.68. The maximum atomic E-state index is 12.4. The molecule has 1 saturated heterocycles. The van der Waals surface area contributed by atoms with Crippen LogP contribution in [0.25, 0.3) is 0 Å². The maximum Gasteiger partial charge on any atom is 0.317 e. The Morgan fingerprint density at radius 3 is 2.38 bits per heavy atom. The van der Waals surface area contributed by atoms with Gasteiger partial charge in [0.1, 0.15) is 0 Å². The van der Waals surface area contributed by atoms with Crippen molar-refractivity contribution in [3.05, 3.63) is 0 Å². The second-order valence-electron chi connectivity index (χ2n) is 6.24. The summed E-state index contributed by atoms with van der Waals surface area (Å²) in [6.45, 7) is 2.86. The van der Waals surface area contributed by atoms with Crippen molar-refractivity contribution in [3.8, 4) is 0 Å². The molecule has 6 heteroatoms. The van der Waals surface area contributed by atoms with E-state index in [9.17, 15) is 14.7 Å². The zero-order valence-corrected chi connectivity index (χ0v) is 12.6. The lowest BCUT2D eigenvalue weighted by molar-refractivity contribution is -0.142. The maximum absolute atomic E-state index is 12.4. The molecule has 2 unspecified atom stereocenters. The number of nitrogens with one attached hydrogen (secondary N) is 1. The van der Waals surface area contributed by atoms with Crippen molar-refractivity contribution in [1.82, 2.24) is 10.2 Å². The summed E-state index contributed by atoms with van der Waals surface area (Å²) in [7, 11) is 0. The van der Waals surface area contributed by atoms with Crippen LogP contribution < -0.4 is 5.32 Å². The highest BCUT2D eigenvalue weighted by molar-refractivity contribution is 5.75. The molecule has 0 bridgehead atoms. The summed E-state index contributed by atoms with van der Waals surface area (Å²) in [6, 6.07) is 0.140. The molecule has 0 radical (unpaired) electrons. The van der Waals surface area contributed by atoms with Crippen LogP contribution in [0.3, 0.4) is 0 Å². The van der Waals surface area contributed by atoms with Gasteiger partial charge >= 0.3 is 12.0 Å². The number of hydrogen-bond acceptors (Lipinski definition) is 3. The third kappa shape index (κ3) is 3.67. The summed E-state index contributed by atoms with van der Waals surface area (Å²) in [5.74, 6) is -0.799. The standard InChI is InChI=1S/C15H26N2O4/c1-2-13-11(9-18)7-8-17(13)15(21)16-12-5-3-10(4-6-12)14(19)20/h10-13,18H,2-9H2,1H3,(H,16,21)(H,19,20). The van der Waals surface area contributed by atoms with E-state index in [4.69, 9.17) is 5.11 Å². The first-order chi connectivity index (χ1) is 10.1. The smallest absolute Gasteiger partial charge is 0.317 e. The number of likely N-dealkylation sites (tertiary alicyclic amines) is 1. The van der Waals surface area contributed by atoms with Crippen LogP contribution >= 0.6 is 0 Å². The predicted molar refractivity (Wildman–Crippen MR) is 77.9 cm³/mol. The lowest BCUT2D eigenvalue weighted by Gasteiger charge is -2.31. The van der Waals surface area contributed by atoms with Gasteiger partial charge in [-0.05, 0) is 38.5 Å². The van der Waals surface area contributed by atoms with Crippen molar-refractivity contribution >= 4 is 12.0 Å². The van der Waals surface area contributed by atoms with Crippen molar-refractivity contribution in [2.75, 3.05) is 13.2 Å². The minimum atomic E-state index is -0.726. The largest absolute Gasteiger partial charge is 0.481 e. The van der Waals surface area contributed by atoms with Crippen molar-refractivity contribution in [1.29, 1.82) is 0 Å². The summed E-state index contributed by atoms with van der Waals surface area (Å²) in [5.41, 5.74) is 0. The summed E-state index contributed by atoms with van der Waals surface area (Å²) in [5, 5.41) is 21.4. The number of amides is 2. The van der Waals surface area contributed by atoms with E-state index in [1.54, 1.807) is 0 Å². The molecule has 1 aliphatic carbocycles. The first-order valence-electron chi connectivity index (χ1n) is 7.97. The molecule has 3 N–H and O–H groups in total. The Labute approximate surface area is 125 Å². The third-order valence-corrected chi connectivity index (χ3v) is 5.00. The number of hydrogen-bond donors (Lipinski definition) is 3. The molecular formula is C15H26N2O4. The van der Waals surface area contributed by atoms with Gasteiger partial charge in [0, 0.05) is 31.2 Å². The summed E-state index contributed by atoms with van der Waals surface area (Å²) in [4.78, 5) is 25.1. The van der Waals surface area contributed by atoms with Gasteiger partial charge in [-0.1, -0.05) is 6.92 Å². The van der Waals surface area contributed by atoms with Crippen molar-refractivity contribution < 1.29 is 19.8 Å². The Hall–Kier alpha value is -1.30. The second-order valence-corrected chi connectivity index (χ2v) is 6.24. The average Bonchev–Trinajstić information content (AvgIpc) is 2.90. The van der Waals surface area contributed by atoms with Crippen LogP contribution in [0, 0.1) is 11.8 Å². The van der Waals surface area contributed by atoms with Crippen LogP contribution in [0.1, 0.15) is 45.4 Å². The minimum Gasteiger partial charge on any atom is -0.481 e. The molecule has 1 heterocycles. The fraction of sp³-hybridized carbons (Fsp3) is 0.867. The first-order valence-corrected chi connectivity index (χ1v) is 7.97. The van der Waals surface area contributed by atoms with Crippen LogP contribution in [0.15, 0.2) is 0 Å². The first kappa shape index (κ1) is 16.1. The molecule has 21 heavy (non-hydrogen) atoms. The number of aliphatic carboxylic acids is 1. The summed E-state index contributed by atoms with van der Waals surface area (Å²) in [6.07, 6.45) is 4.44. The summed E-state index contributed by atoms with van der Waals surface area (Å²) >= 11 is 0. The van der Waals surface area contributed by atoms with Gasteiger partial charge in [-0.15, -0.1) is 0 Å². The van der Waals surface area contributed by atoms with Crippen molar-refractivity contribution in [2.24, 2.45) is 11.8 Å². The highest BCUT2D eigenvalue weighted by Crippen LogP contribution is 2.28. The highest BCUT2D eigenvalue weighted by Gasteiger charge is 2.36. The molecule has 2 atom stereocenters. The second kappa shape index (κ2) is 7.11. The Morgan fingerprint density at radius 1 is 1.19 bits per heavy atom. The molecule has 0 aromatic rings. The normalized spacial score (nSPS) is 33.0. The number of urea groups is 1.